The summed E-state index contributed by atoms with van der Waals surface area (Å²) in [7, 11) is 0. The third kappa shape index (κ3) is 3.24. The van der Waals surface area contributed by atoms with Gasteiger partial charge in [-0.05, 0) is 24.6 Å². The van der Waals surface area contributed by atoms with Gasteiger partial charge < -0.3 is 5.11 Å². The smallest absolute Gasteiger partial charge is 0.358 e. The Hall–Kier alpha value is -2.66. The van der Waals surface area contributed by atoms with Crippen molar-refractivity contribution in [2.75, 3.05) is 0 Å². The number of hydrogen-bond acceptors (Lipinski definition) is 3. The van der Waals surface area contributed by atoms with Crippen molar-refractivity contribution in [2.24, 2.45) is 0 Å². The standard InChI is InChI=1S/C17H14ClN3O2/c1-11-4-2-5-12(8-11)10-21-16(15(17(22)23)19-20-21)13-6-3-7-14(18)9-13/h2-9H,10H2,1H3,(H,22,23). The number of benzene rings is 2. The van der Waals surface area contributed by atoms with E-state index in [4.69, 9.17) is 11.6 Å². The molecular formula is C17H14ClN3O2. The summed E-state index contributed by atoms with van der Waals surface area (Å²) in [4.78, 5) is 11.5. The summed E-state index contributed by atoms with van der Waals surface area (Å²) in [6, 6.07) is 15.0. The molecule has 3 aromatic rings. The van der Waals surface area contributed by atoms with Gasteiger partial charge in [-0.1, -0.05) is 58.8 Å². The van der Waals surface area contributed by atoms with Crippen LogP contribution in [0.3, 0.4) is 0 Å². The van der Waals surface area contributed by atoms with E-state index in [0.29, 0.717) is 22.8 Å². The lowest BCUT2D eigenvalue weighted by molar-refractivity contribution is 0.0691. The minimum absolute atomic E-state index is 0.0834. The number of halogens is 1. The zero-order valence-electron chi connectivity index (χ0n) is 12.4. The normalized spacial score (nSPS) is 10.7. The monoisotopic (exact) mass is 327 g/mol. The first-order chi connectivity index (χ1) is 11.0. The van der Waals surface area contributed by atoms with Crippen molar-refractivity contribution in [2.45, 2.75) is 13.5 Å². The van der Waals surface area contributed by atoms with E-state index in [0.717, 1.165) is 11.1 Å². The maximum absolute atomic E-state index is 11.5. The fourth-order valence-electron chi connectivity index (χ4n) is 2.47. The Labute approximate surface area is 138 Å². The highest BCUT2D eigenvalue weighted by Gasteiger charge is 2.20. The van der Waals surface area contributed by atoms with Crippen molar-refractivity contribution in [1.29, 1.82) is 0 Å². The highest BCUT2D eigenvalue weighted by molar-refractivity contribution is 6.30. The van der Waals surface area contributed by atoms with E-state index in [9.17, 15) is 9.90 Å². The Morgan fingerprint density at radius 2 is 2.00 bits per heavy atom. The predicted molar refractivity (Wildman–Crippen MR) is 87.7 cm³/mol. The van der Waals surface area contributed by atoms with Gasteiger partial charge in [-0.25, -0.2) is 9.48 Å². The lowest BCUT2D eigenvalue weighted by Gasteiger charge is -2.08. The molecule has 0 aliphatic heterocycles. The fraction of sp³-hybridized carbons (Fsp3) is 0.118. The molecule has 0 fully saturated rings. The average Bonchev–Trinajstić information content (AvgIpc) is 2.91. The molecule has 1 heterocycles. The van der Waals surface area contributed by atoms with Crippen LogP contribution in [0.1, 0.15) is 21.6 Å². The molecule has 0 unspecified atom stereocenters. The van der Waals surface area contributed by atoms with Crippen LogP contribution in [0.4, 0.5) is 0 Å². The number of aromatic carboxylic acids is 1. The van der Waals surface area contributed by atoms with E-state index in [1.807, 2.05) is 31.2 Å². The maximum Gasteiger partial charge on any atom is 0.358 e. The Kier molecular flexibility index (Phi) is 4.12. The van der Waals surface area contributed by atoms with Crippen LogP contribution in [-0.2, 0) is 6.54 Å². The van der Waals surface area contributed by atoms with Gasteiger partial charge in [0.1, 0.15) is 5.69 Å². The zero-order chi connectivity index (χ0) is 16.4. The van der Waals surface area contributed by atoms with E-state index in [2.05, 4.69) is 10.3 Å². The molecule has 1 aromatic heterocycles. The molecule has 0 radical (unpaired) electrons. The van der Waals surface area contributed by atoms with E-state index in [-0.39, 0.29) is 5.69 Å². The Morgan fingerprint density at radius 3 is 2.70 bits per heavy atom. The summed E-state index contributed by atoms with van der Waals surface area (Å²) in [5.41, 5.74) is 3.19. The first-order valence-corrected chi connectivity index (χ1v) is 7.40. The minimum Gasteiger partial charge on any atom is -0.476 e. The number of carboxylic acid groups (broad SMARTS) is 1. The molecule has 116 valence electrons. The maximum atomic E-state index is 11.5. The molecule has 0 saturated carbocycles. The molecule has 3 rings (SSSR count). The number of aryl methyl sites for hydroxylation is 1. The molecule has 0 aliphatic carbocycles. The minimum atomic E-state index is -1.12. The Morgan fingerprint density at radius 1 is 1.22 bits per heavy atom. The third-order valence-corrected chi connectivity index (χ3v) is 3.69. The second-order valence-electron chi connectivity index (χ2n) is 5.25. The lowest BCUT2D eigenvalue weighted by Crippen LogP contribution is -2.06. The van der Waals surface area contributed by atoms with Crippen molar-refractivity contribution in [3.8, 4) is 11.3 Å². The molecule has 23 heavy (non-hydrogen) atoms. The highest BCUT2D eigenvalue weighted by Crippen LogP contribution is 2.26. The quantitative estimate of drug-likeness (QED) is 0.794. The molecule has 0 spiro atoms. The van der Waals surface area contributed by atoms with Gasteiger partial charge in [0, 0.05) is 10.6 Å². The van der Waals surface area contributed by atoms with Gasteiger partial charge in [0.2, 0.25) is 0 Å². The fourth-order valence-corrected chi connectivity index (χ4v) is 2.66. The van der Waals surface area contributed by atoms with Gasteiger partial charge in [0.25, 0.3) is 0 Å². The van der Waals surface area contributed by atoms with Gasteiger partial charge >= 0.3 is 5.97 Å². The molecule has 2 aromatic carbocycles. The molecule has 0 aliphatic rings. The van der Waals surface area contributed by atoms with Crippen LogP contribution in [0.15, 0.2) is 48.5 Å². The first-order valence-electron chi connectivity index (χ1n) is 7.03. The summed E-state index contributed by atoms with van der Waals surface area (Å²) in [6.07, 6.45) is 0. The van der Waals surface area contributed by atoms with E-state index < -0.39 is 5.97 Å². The van der Waals surface area contributed by atoms with E-state index in [1.54, 1.807) is 28.9 Å². The number of carbonyl (C=O) groups is 1. The van der Waals surface area contributed by atoms with Crippen molar-refractivity contribution >= 4 is 17.6 Å². The molecule has 1 N–H and O–H groups in total. The van der Waals surface area contributed by atoms with Crippen molar-refractivity contribution in [3.05, 3.63) is 70.4 Å². The van der Waals surface area contributed by atoms with Gasteiger partial charge in [-0.15, -0.1) is 5.10 Å². The summed E-state index contributed by atoms with van der Waals surface area (Å²) >= 11 is 6.03. The average molecular weight is 328 g/mol. The van der Waals surface area contributed by atoms with Crippen molar-refractivity contribution in [1.82, 2.24) is 15.0 Å². The van der Waals surface area contributed by atoms with Gasteiger partial charge in [0.05, 0.1) is 6.54 Å². The number of carboxylic acids is 1. The topological polar surface area (TPSA) is 68.0 Å². The van der Waals surface area contributed by atoms with Gasteiger partial charge in [0.15, 0.2) is 5.69 Å². The zero-order valence-corrected chi connectivity index (χ0v) is 13.2. The van der Waals surface area contributed by atoms with Crippen LogP contribution < -0.4 is 0 Å². The van der Waals surface area contributed by atoms with Crippen LogP contribution >= 0.6 is 11.6 Å². The molecule has 5 nitrogen and oxygen atoms in total. The summed E-state index contributed by atoms with van der Waals surface area (Å²) in [6.45, 7) is 2.44. The lowest BCUT2D eigenvalue weighted by atomic mass is 10.1. The molecule has 0 amide bonds. The largest absolute Gasteiger partial charge is 0.476 e. The summed E-state index contributed by atoms with van der Waals surface area (Å²) < 4.78 is 1.59. The van der Waals surface area contributed by atoms with E-state index >= 15 is 0 Å². The van der Waals surface area contributed by atoms with Crippen molar-refractivity contribution < 1.29 is 9.90 Å². The SMILES string of the molecule is Cc1cccc(Cn2nnc(C(=O)O)c2-c2cccc(Cl)c2)c1. The predicted octanol–water partition coefficient (Wildman–Crippen LogP) is 3.65. The molecular weight excluding hydrogens is 314 g/mol. The second kappa shape index (κ2) is 6.22. The number of aromatic nitrogens is 3. The summed E-state index contributed by atoms with van der Waals surface area (Å²) in [5.74, 6) is -1.12. The van der Waals surface area contributed by atoms with Gasteiger partial charge in [-0.3, -0.25) is 0 Å². The van der Waals surface area contributed by atoms with Crippen LogP contribution in [0.5, 0.6) is 0 Å². The number of hydrogen-bond donors (Lipinski definition) is 1. The Balaban J connectivity index is 2.09. The van der Waals surface area contributed by atoms with Crippen LogP contribution in [0.25, 0.3) is 11.3 Å². The van der Waals surface area contributed by atoms with Gasteiger partial charge in [-0.2, -0.15) is 0 Å². The first kappa shape index (κ1) is 15.2. The molecule has 0 atom stereocenters. The molecule has 0 bridgehead atoms. The van der Waals surface area contributed by atoms with Crippen LogP contribution in [0, 0.1) is 6.92 Å². The number of rotatable bonds is 4. The molecule has 0 saturated heterocycles. The highest BCUT2D eigenvalue weighted by atomic mass is 35.5. The second-order valence-corrected chi connectivity index (χ2v) is 5.69. The van der Waals surface area contributed by atoms with Crippen LogP contribution in [-0.4, -0.2) is 26.1 Å². The van der Waals surface area contributed by atoms with E-state index in [1.165, 1.54) is 0 Å². The van der Waals surface area contributed by atoms with Crippen LogP contribution in [0.2, 0.25) is 5.02 Å². The third-order valence-electron chi connectivity index (χ3n) is 3.45. The number of nitrogens with zero attached hydrogens (tertiary/aromatic N) is 3. The summed E-state index contributed by atoms with van der Waals surface area (Å²) in [5, 5.41) is 17.7. The Bertz CT molecular complexity index is 874. The molecule has 6 heteroatoms. The van der Waals surface area contributed by atoms with Crippen molar-refractivity contribution in [3.63, 3.8) is 0 Å².